The lowest BCUT2D eigenvalue weighted by Crippen LogP contribution is -2.14. The van der Waals surface area contributed by atoms with E-state index in [9.17, 15) is 20.0 Å². The number of benzene rings is 1. The van der Waals surface area contributed by atoms with E-state index in [1.54, 1.807) is 13.8 Å². The molecule has 9 heteroatoms. The third kappa shape index (κ3) is 2.81. The summed E-state index contributed by atoms with van der Waals surface area (Å²) in [6.45, 7) is 3.91. The van der Waals surface area contributed by atoms with E-state index in [2.05, 4.69) is 15.3 Å². The number of nitro benzene ring substituents is 1. The van der Waals surface area contributed by atoms with Crippen molar-refractivity contribution in [2.75, 3.05) is 0 Å². The number of nitrogens with zero attached hydrogens (tertiary/aromatic N) is 4. The molecule has 0 saturated heterocycles. The number of nitro groups is 1. The minimum Gasteiger partial charge on any atom is -0.506 e. The largest absolute Gasteiger partial charge is 0.506 e. The molecule has 0 aliphatic carbocycles. The molecule has 0 unspecified atom stereocenters. The third-order valence-corrected chi connectivity index (χ3v) is 2.85. The van der Waals surface area contributed by atoms with Gasteiger partial charge < -0.3 is 5.11 Å². The Balaban J connectivity index is 2.42. The predicted octanol–water partition coefficient (Wildman–Crippen LogP) is 2.53. The van der Waals surface area contributed by atoms with E-state index in [0.29, 0.717) is 12.2 Å². The van der Waals surface area contributed by atoms with Crippen LogP contribution in [0, 0.1) is 17.0 Å². The van der Waals surface area contributed by atoms with Crippen LogP contribution in [-0.2, 0) is 6.54 Å². The quantitative estimate of drug-likeness (QED) is 0.509. The number of phenols is 1. The zero-order valence-corrected chi connectivity index (χ0v) is 11.4. The molecular weight excluding hydrogens is 278 g/mol. The fourth-order valence-corrected chi connectivity index (χ4v) is 1.74. The Morgan fingerprint density at radius 2 is 2.14 bits per heavy atom. The Labute approximate surface area is 118 Å². The number of rotatable bonds is 4. The van der Waals surface area contributed by atoms with Crippen molar-refractivity contribution in [1.29, 1.82) is 0 Å². The maximum Gasteiger partial charge on any atom is 0.294 e. The van der Waals surface area contributed by atoms with Gasteiger partial charge in [0.2, 0.25) is 0 Å². The number of aromatic nitrogens is 2. The number of aromatic amines is 1. The lowest BCUT2D eigenvalue weighted by atomic mass is 10.2. The molecule has 0 fully saturated rings. The van der Waals surface area contributed by atoms with Gasteiger partial charge in [-0.2, -0.15) is 0 Å². The van der Waals surface area contributed by atoms with Crippen molar-refractivity contribution in [2.24, 2.45) is 10.2 Å². The minimum atomic E-state index is -0.607. The summed E-state index contributed by atoms with van der Waals surface area (Å²) in [6.07, 6.45) is 0. The van der Waals surface area contributed by atoms with Crippen LogP contribution in [0.5, 0.6) is 5.75 Å². The molecule has 2 aromatic rings. The van der Waals surface area contributed by atoms with Crippen molar-refractivity contribution >= 4 is 17.1 Å². The summed E-state index contributed by atoms with van der Waals surface area (Å²) < 4.78 is 1.36. The van der Waals surface area contributed by atoms with Gasteiger partial charge in [0.15, 0.2) is 5.69 Å². The second-order valence-electron chi connectivity index (χ2n) is 4.26. The highest BCUT2D eigenvalue weighted by Gasteiger charge is 2.12. The van der Waals surface area contributed by atoms with E-state index < -0.39 is 4.92 Å². The smallest absolute Gasteiger partial charge is 0.294 e. The number of phenolic OH excluding ortho intramolecular Hbond substituents is 1. The molecule has 1 aromatic heterocycles. The number of hydrogen-bond donors (Lipinski definition) is 2. The first kappa shape index (κ1) is 14.4. The summed E-state index contributed by atoms with van der Waals surface area (Å²) >= 11 is 0. The molecule has 0 spiro atoms. The van der Waals surface area contributed by atoms with Gasteiger partial charge in [-0.05, 0) is 19.9 Å². The van der Waals surface area contributed by atoms with E-state index in [1.165, 1.54) is 4.68 Å². The molecule has 2 N–H and O–H groups in total. The van der Waals surface area contributed by atoms with Gasteiger partial charge in [-0.3, -0.25) is 24.7 Å². The topological polar surface area (TPSA) is 126 Å². The van der Waals surface area contributed by atoms with Crippen molar-refractivity contribution in [2.45, 2.75) is 20.4 Å². The van der Waals surface area contributed by atoms with E-state index in [4.69, 9.17) is 0 Å². The maximum atomic E-state index is 11.9. The van der Waals surface area contributed by atoms with Crippen LogP contribution in [-0.4, -0.2) is 19.8 Å². The van der Waals surface area contributed by atoms with E-state index in [0.717, 1.165) is 18.2 Å². The van der Waals surface area contributed by atoms with Gasteiger partial charge in [0.25, 0.3) is 11.2 Å². The number of azo groups is 1. The fourth-order valence-electron chi connectivity index (χ4n) is 1.74. The number of hydrogen-bond acceptors (Lipinski definition) is 6. The van der Waals surface area contributed by atoms with Gasteiger partial charge in [0.1, 0.15) is 11.4 Å². The van der Waals surface area contributed by atoms with Gasteiger partial charge in [-0.1, -0.05) is 0 Å². The zero-order chi connectivity index (χ0) is 15.6. The first-order chi connectivity index (χ1) is 9.93. The Bertz CT molecular complexity index is 774. The summed E-state index contributed by atoms with van der Waals surface area (Å²) in [5, 5.41) is 30.6. The number of H-pyrrole nitrogens is 1. The predicted molar refractivity (Wildman–Crippen MR) is 74.4 cm³/mol. The normalized spacial score (nSPS) is 11.1. The van der Waals surface area contributed by atoms with Crippen LogP contribution >= 0.6 is 0 Å². The van der Waals surface area contributed by atoms with Gasteiger partial charge in [-0.15, -0.1) is 10.2 Å². The minimum absolute atomic E-state index is 0.0766. The highest BCUT2D eigenvalue weighted by atomic mass is 16.6. The van der Waals surface area contributed by atoms with Crippen molar-refractivity contribution < 1.29 is 10.0 Å². The highest BCUT2D eigenvalue weighted by molar-refractivity contribution is 5.57. The van der Waals surface area contributed by atoms with Crippen LogP contribution in [0.25, 0.3) is 0 Å². The standard InChI is InChI=1S/C12H13N5O4/c1-3-16-12(19)11(7(2)15-16)14-13-9-6-8(17(20)21)4-5-10(9)18/h4-6,15,18H,3H2,1-2H3. The molecule has 21 heavy (non-hydrogen) atoms. The van der Waals surface area contributed by atoms with Crippen molar-refractivity contribution in [3.63, 3.8) is 0 Å². The molecule has 110 valence electrons. The fraction of sp³-hybridized carbons (Fsp3) is 0.250. The van der Waals surface area contributed by atoms with Crippen LogP contribution in [0.2, 0.25) is 0 Å². The van der Waals surface area contributed by atoms with Gasteiger partial charge >= 0.3 is 0 Å². The zero-order valence-electron chi connectivity index (χ0n) is 11.4. The van der Waals surface area contributed by atoms with Gasteiger partial charge in [0, 0.05) is 18.7 Å². The molecule has 0 aliphatic rings. The van der Waals surface area contributed by atoms with Crippen LogP contribution in [0.15, 0.2) is 33.2 Å². The molecule has 9 nitrogen and oxygen atoms in total. The molecular formula is C12H13N5O4. The molecule has 1 aromatic carbocycles. The molecule has 0 bridgehead atoms. The summed E-state index contributed by atoms with van der Waals surface area (Å²) in [7, 11) is 0. The van der Waals surface area contributed by atoms with E-state index >= 15 is 0 Å². The van der Waals surface area contributed by atoms with Gasteiger partial charge in [0.05, 0.1) is 10.6 Å². The number of aromatic hydroxyl groups is 1. The molecule has 0 radical (unpaired) electrons. The monoisotopic (exact) mass is 291 g/mol. The lowest BCUT2D eigenvalue weighted by Gasteiger charge is -1.97. The maximum absolute atomic E-state index is 11.9. The first-order valence-corrected chi connectivity index (χ1v) is 6.12. The van der Waals surface area contributed by atoms with Crippen molar-refractivity contribution in [3.8, 4) is 5.75 Å². The van der Waals surface area contributed by atoms with Gasteiger partial charge in [-0.25, -0.2) is 0 Å². The average molecular weight is 291 g/mol. The Morgan fingerprint density at radius 1 is 1.43 bits per heavy atom. The van der Waals surface area contributed by atoms with Crippen LogP contribution in [0.3, 0.4) is 0 Å². The molecule has 2 rings (SSSR count). The first-order valence-electron chi connectivity index (χ1n) is 6.12. The molecule has 0 atom stereocenters. The Hall–Kier alpha value is -2.97. The molecule has 0 aliphatic heterocycles. The molecule has 0 amide bonds. The Morgan fingerprint density at radius 3 is 2.71 bits per heavy atom. The highest BCUT2D eigenvalue weighted by Crippen LogP contribution is 2.31. The number of aryl methyl sites for hydroxylation is 2. The second-order valence-corrected chi connectivity index (χ2v) is 4.26. The van der Waals surface area contributed by atoms with Crippen LogP contribution in [0.4, 0.5) is 17.1 Å². The van der Waals surface area contributed by atoms with Crippen molar-refractivity contribution in [3.05, 3.63) is 44.4 Å². The van der Waals surface area contributed by atoms with E-state index in [1.807, 2.05) is 0 Å². The summed E-state index contributed by atoms with van der Waals surface area (Å²) in [5.74, 6) is -0.256. The van der Waals surface area contributed by atoms with Crippen LogP contribution < -0.4 is 5.56 Å². The summed E-state index contributed by atoms with van der Waals surface area (Å²) in [6, 6.07) is 3.39. The average Bonchev–Trinajstić information content (AvgIpc) is 2.72. The van der Waals surface area contributed by atoms with Crippen LogP contribution in [0.1, 0.15) is 12.6 Å². The third-order valence-electron chi connectivity index (χ3n) is 2.85. The van der Waals surface area contributed by atoms with E-state index in [-0.39, 0.29) is 28.4 Å². The molecule has 0 saturated carbocycles. The number of nitrogens with one attached hydrogen (secondary N) is 1. The number of non-ortho nitro benzene ring substituents is 1. The SMILES string of the molecule is CCn1[nH]c(C)c(N=Nc2cc([N+](=O)[O-])ccc2O)c1=O. The Kier molecular flexibility index (Phi) is 3.83. The molecule has 1 heterocycles. The summed E-state index contributed by atoms with van der Waals surface area (Å²) in [5.41, 5.74) is -0.0206. The summed E-state index contributed by atoms with van der Waals surface area (Å²) in [4.78, 5) is 22.0. The second kappa shape index (κ2) is 5.57. The lowest BCUT2D eigenvalue weighted by molar-refractivity contribution is -0.384. The van der Waals surface area contributed by atoms with Crippen molar-refractivity contribution in [1.82, 2.24) is 9.78 Å².